The molecule has 1 aromatic heterocycles. The van der Waals surface area contributed by atoms with E-state index < -0.39 is 0 Å². The van der Waals surface area contributed by atoms with E-state index >= 15 is 0 Å². The summed E-state index contributed by atoms with van der Waals surface area (Å²) in [4.78, 5) is 14.6. The molecule has 0 atom stereocenters. The van der Waals surface area contributed by atoms with Gasteiger partial charge in [-0.2, -0.15) is 0 Å². The van der Waals surface area contributed by atoms with Gasteiger partial charge in [0.05, 0.1) is 19.4 Å². The Morgan fingerprint density at radius 2 is 1.91 bits per heavy atom. The maximum atomic E-state index is 12.2. The highest BCUT2D eigenvalue weighted by Gasteiger charge is 2.52. The number of likely N-dealkylation sites (N-methyl/N-ethyl adjacent to an activating group) is 1. The molecular formula is C18H26N2O2. The van der Waals surface area contributed by atoms with Gasteiger partial charge >= 0.3 is 0 Å². The van der Waals surface area contributed by atoms with Crippen LogP contribution < -0.4 is 5.32 Å². The number of furan rings is 1. The van der Waals surface area contributed by atoms with Crippen LogP contribution in [0.4, 0.5) is 0 Å². The van der Waals surface area contributed by atoms with E-state index in [1.165, 1.54) is 38.5 Å². The maximum Gasteiger partial charge on any atom is 0.234 e. The molecule has 4 aliphatic carbocycles. The van der Waals surface area contributed by atoms with Crippen LogP contribution in [0.15, 0.2) is 22.8 Å². The molecule has 1 heterocycles. The summed E-state index contributed by atoms with van der Waals surface area (Å²) in [7, 11) is 2.15. The number of rotatable bonds is 5. The minimum atomic E-state index is 0.106. The van der Waals surface area contributed by atoms with Gasteiger partial charge in [-0.25, -0.2) is 0 Å². The van der Waals surface area contributed by atoms with Gasteiger partial charge in [-0.15, -0.1) is 0 Å². The van der Waals surface area contributed by atoms with Crippen LogP contribution in [0.2, 0.25) is 0 Å². The molecule has 4 saturated carbocycles. The molecule has 4 fully saturated rings. The zero-order valence-corrected chi connectivity index (χ0v) is 13.4. The van der Waals surface area contributed by atoms with Crippen LogP contribution in [0.1, 0.15) is 44.3 Å². The average molecular weight is 302 g/mol. The highest BCUT2D eigenvalue weighted by molar-refractivity contribution is 5.78. The first kappa shape index (κ1) is 14.3. The normalized spacial score (nSPS) is 36.0. The van der Waals surface area contributed by atoms with E-state index in [0.717, 1.165) is 23.5 Å². The SMILES string of the molecule is CN(CC(=O)NCc1ccco1)C12CC3CC(CC(C3)C1)C2. The van der Waals surface area contributed by atoms with Crippen LogP contribution in [0.3, 0.4) is 0 Å². The van der Waals surface area contributed by atoms with Crippen molar-refractivity contribution in [3.8, 4) is 0 Å². The second-order valence-corrected chi connectivity index (χ2v) is 7.85. The fourth-order valence-electron chi connectivity index (χ4n) is 5.57. The lowest BCUT2D eigenvalue weighted by atomic mass is 9.52. The van der Waals surface area contributed by atoms with Gasteiger partial charge in [0.25, 0.3) is 0 Å². The Morgan fingerprint density at radius 3 is 2.45 bits per heavy atom. The van der Waals surface area contributed by atoms with Crippen molar-refractivity contribution in [2.24, 2.45) is 17.8 Å². The zero-order valence-electron chi connectivity index (χ0n) is 13.4. The molecule has 0 unspecified atom stereocenters. The third-order valence-electron chi connectivity index (χ3n) is 6.24. The Bertz CT molecular complexity index is 502. The van der Waals surface area contributed by atoms with Crippen LogP contribution >= 0.6 is 0 Å². The van der Waals surface area contributed by atoms with Crippen molar-refractivity contribution in [3.63, 3.8) is 0 Å². The van der Waals surface area contributed by atoms with Gasteiger partial charge < -0.3 is 9.73 Å². The number of amides is 1. The first-order valence-electron chi connectivity index (χ1n) is 8.63. The lowest BCUT2D eigenvalue weighted by Crippen LogP contribution is -2.60. The molecule has 4 heteroatoms. The van der Waals surface area contributed by atoms with Crippen LogP contribution in [-0.4, -0.2) is 29.9 Å². The molecule has 4 nitrogen and oxygen atoms in total. The average Bonchev–Trinajstić information content (AvgIpc) is 2.97. The molecule has 1 amide bonds. The summed E-state index contributed by atoms with van der Waals surface area (Å²) in [6, 6.07) is 3.74. The Hall–Kier alpha value is -1.29. The van der Waals surface area contributed by atoms with Crippen molar-refractivity contribution >= 4 is 5.91 Å². The lowest BCUT2D eigenvalue weighted by molar-refractivity contribution is -0.128. The predicted octanol–water partition coefficient (Wildman–Crippen LogP) is 2.80. The molecule has 120 valence electrons. The molecule has 22 heavy (non-hydrogen) atoms. The highest BCUT2D eigenvalue weighted by Crippen LogP contribution is 2.57. The summed E-state index contributed by atoms with van der Waals surface area (Å²) >= 11 is 0. The van der Waals surface area contributed by atoms with E-state index in [1.54, 1.807) is 6.26 Å². The van der Waals surface area contributed by atoms with Crippen LogP contribution in [-0.2, 0) is 11.3 Å². The first-order chi connectivity index (χ1) is 10.6. The van der Waals surface area contributed by atoms with Gasteiger partial charge in [-0.1, -0.05) is 0 Å². The van der Waals surface area contributed by atoms with Crippen LogP contribution in [0.5, 0.6) is 0 Å². The zero-order chi connectivity index (χ0) is 15.2. The van der Waals surface area contributed by atoms with Crippen LogP contribution in [0, 0.1) is 17.8 Å². The topological polar surface area (TPSA) is 45.5 Å². The van der Waals surface area contributed by atoms with E-state index in [0.29, 0.717) is 18.6 Å². The minimum absolute atomic E-state index is 0.106. The summed E-state index contributed by atoms with van der Waals surface area (Å²) in [6.45, 7) is 0.993. The Balaban J connectivity index is 1.35. The molecule has 0 radical (unpaired) electrons. The van der Waals surface area contributed by atoms with Crippen molar-refractivity contribution in [1.82, 2.24) is 10.2 Å². The van der Waals surface area contributed by atoms with Crippen molar-refractivity contribution < 1.29 is 9.21 Å². The molecule has 4 bridgehead atoms. The number of nitrogens with zero attached hydrogens (tertiary/aromatic N) is 1. The second-order valence-electron chi connectivity index (χ2n) is 7.85. The summed E-state index contributed by atoms with van der Waals surface area (Å²) in [5.41, 5.74) is 0.302. The summed E-state index contributed by atoms with van der Waals surface area (Å²) in [5.74, 6) is 3.67. The molecule has 1 aromatic rings. The Labute approximate surface area is 132 Å². The number of nitrogens with one attached hydrogen (secondary N) is 1. The van der Waals surface area contributed by atoms with Gasteiger partial charge in [0.15, 0.2) is 0 Å². The molecule has 0 spiro atoms. The molecule has 5 rings (SSSR count). The van der Waals surface area contributed by atoms with Crippen LogP contribution in [0.25, 0.3) is 0 Å². The lowest BCUT2D eigenvalue weighted by Gasteiger charge is -2.59. The Morgan fingerprint density at radius 1 is 1.27 bits per heavy atom. The standard InChI is InChI=1S/C18H26N2O2/c1-20(12-17(21)19-11-16-3-2-4-22-16)18-8-13-5-14(9-18)7-15(6-13)10-18/h2-4,13-15H,5-12H2,1H3,(H,19,21). The van der Waals surface area contributed by atoms with E-state index in [4.69, 9.17) is 4.42 Å². The summed E-state index contributed by atoms with van der Waals surface area (Å²) < 4.78 is 5.26. The number of hydrogen-bond acceptors (Lipinski definition) is 3. The number of carbonyl (C=O) groups excluding carboxylic acids is 1. The summed E-state index contributed by atoms with van der Waals surface area (Å²) in [6.07, 6.45) is 9.89. The van der Waals surface area contributed by atoms with Gasteiger partial charge in [-0.3, -0.25) is 9.69 Å². The fourth-order valence-corrected chi connectivity index (χ4v) is 5.57. The van der Waals surface area contributed by atoms with Crippen molar-refractivity contribution in [3.05, 3.63) is 24.2 Å². The van der Waals surface area contributed by atoms with E-state index in [1.807, 2.05) is 12.1 Å². The van der Waals surface area contributed by atoms with Gasteiger partial charge in [-0.05, 0) is 75.5 Å². The summed E-state index contributed by atoms with van der Waals surface area (Å²) in [5, 5.41) is 2.97. The number of carbonyl (C=O) groups is 1. The second kappa shape index (κ2) is 5.41. The molecule has 0 saturated heterocycles. The third-order valence-corrected chi connectivity index (χ3v) is 6.24. The van der Waals surface area contributed by atoms with Gasteiger partial charge in [0.1, 0.15) is 5.76 Å². The van der Waals surface area contributed by atoms with E-state index in [9.17, 15) is 4.79 Å². The monoisotopic (exact) mass is 302 g/mol. The predicted molar refractivity (Wildman–Crippen MR) is 84.1 cm³/mol. The molecule has 0 aromatic carbocycles. The van der Waals surface area contributed by atoms with Crippen molar-refractivity contribution in [2.45, 2.75) is 50.6 Å². The molecule has 1 N–H and O–H groups in total. The minimum Gasteiger partial charge on any atom is -0.467 e. The Kier molecular flexibility index (Phi) is 3.52. The number of hydrogen-bond donors (Lipinski definition) is 1. The molecule has 4 aliphatic rings. The van der Waals surface area contributed by atoms with E-state index in [-0.39, 0.29) is 5.91 Å². The van der Waals surface area contributed by atoms with Crippen molar-refractivity contribution in [1.29, 1.82) is 0 Å². The quantitative estimate of drug-likeness (QED) is 0.909. The van der Waals surface area contributed by atoms with Gasteiger partial charge in [0, 0.05) is 5.54 Å². The third kappa shape index (κ3) is 2.58. The van der Waals surface area contributed by atoms with E-state index in [2.05, 4.69) is 17.3 Å². The first-order valence-corrected chi connectivity index (χ1v) is 8.63. The largest absolute Gasteiger partial charge is 0.467 e. The smallest absolute Gasteiger partial charge is 0.234 e. The van der Waals surface area contributed by atoms with Crippen molar-refractivity contribution in [2.75, 3.05) is 13.6 Å². The van der Waals surface area contributed by atoms with Gasteiger partial charge in [0.2, 0.25) is 5.91 Å². The maximum absolute atomic E-state index is 12.2. The molecule has 0 aliphatic heterocycles. The fraction of sp³-hybridized carbons (Fsp3) is 0.722. The molecular weight excluding hydrogens is 276 g/mol. The highest BCUT2D eigenvalue weighted by atomic mass is 16.3.